The largest absolute Gasteiger partial charge is 0.353 e. The highest BCUT2D eigenvalue weighted by atomic mass is 15.3. The van der Waals surface area contributed by atoms with Crippen molar-refractivity contribution >= 4 is 17.5 Å². The second-order valence-electron chi connectivity index (χ2n) is 4.89. The van der Waals surface area contributed by atoms with Gasteiger partial charge in [-0.3, -0.25) is 0 Å². The molecule has 0 unspecified atom stereocenters. The molecule has 2 N–H and O–H groups in total. The Hall–Kier alpha value is -2.17. The van der Waals surface area contributed by atoms with Crippen LogP contribution in [0.15, 0.2) is 24.4 Å². The Labute approximate surface area is 119 Å². The molecular formula is C15H21N5. The third-order valence-electron chi connectivity index (χ3n) is 3.03. The number of nitrogens with one attached hydrogen (secondary N) is 2. The van der Waals surface area contributed by atoms with Gasteiger partial charge in [0.1, 0.15) is 0 Å². The molecule has 0 saturated carbocycles. The molecule has 20 heavy (non-hydrogen) atoms. The third kappa shape index (κ3) is 3.91. The van der Waals surface area contributed by atoms with Crippen LogP contribution in [0.5, 0.6) is 0 Å². The third-order valence-corrected chi connectivity index (χ3v) is 3.03. The molecule has 0 aliphatic carbocycles. The van der Waals surface area contributed by atoms with Crippen molar-refractivity contribution in [2.24, 2.45) is 0 Å². The molecule has 0 bridgehead atoms. The first-order valence-electron chi connectivity index (χ1n) is 6.97. The maximum Gasteiger partial charge on any atom is 0.244 e. The Morgan fingerprint density at radius 2 is 2.05 bits per heavy atom. The molecule has 1 aromatic heterocycles. The topological polar surface area (TPSA) is 62.7 Å². The molecule has 0 aliphatic rings. The number of anilines is 3. The number of hydrogen-bond acceptors (Lipinski definition) is 5. The van der Waals surface area contributed by atoms with Gasteiger partial charge in [-0.15, -0.1) is 5.10 Å². The minimum absolute atomic E-state index is 0.564. The van der Waals surface area contributed by atoms with Crippen LogP contribution in [0.1, 0.15) is 30.9 Å². The van der Waals surface area contributed by atoms with Gasteiger partial charge in [-0.05, 0) is 37.5 Å². The van der Waals surface area contributed by atoms with Crippen LogP contribution in [0.25, 0.3) is 0 Å². The summed E-state index contributed by atoms with van der Waals surface area (Å²) in [5.74, 6) is 1.27. The van der Waals surface area contributed by atoms with E-state index in [9.17, 15) is 0 Å². The van der Waals surface area contributed by atoms with E-state index in [4.69, 9.17) is 0 Å². The number of aryl methyl sites for hydroxylation is 2. The van der Waals surface area contributed by atoms with Crippen LogP contribution in [0.4, 0.5) is 17.5 Å². The van der Waals surface area contributed by atoms with Gasteiger partial charge in [-0.25, -0.2) is 0 Å². The van der Waals surface area contributed by atoms with Crippen molar-refractivity contribution in [2.75, 3.05) is 17.2 Å². The van der Waals surface area contributed by atoms with E-state index in [2.05, 4.69) is 64.8 Å². The summed E-state index contributed by atoms with van der Waals surface area (Å²) >= 11 is 0. The van der Waals surface area contributed by atoms with Gasteiger partial charge in [0, 0.05) is 12.2 Å². The quantitative estimate of drug-likeness (QED) is 0.788. The fourth-order valence-electron chi connectivity index (χ4n) is 1.82. The molecule has 0 spiro atoms. The molecule has 1 heterocycles. The van der Waals surface area contributed by atoms with Crippen molar-refractivity contribution in [2.45, 2.75) is 33.6 Å². The van der Waals surface area contributed by atoms with Crippen molar-refractivity contribution in [3.63, 3.8) is 0 Å². The molecule has 0 saturated heterocycles. The molecule has 0 aliphatic heterocycles. The summed E-state index contributed by atoms with van der Waals surface area (Å²) in [6, 6.07) is 6.28. The van der Waals surface area contributed by atoms with Crippen LogP contribution >= 0.6 is 0 Å². The zero-order valence-electron chi connectivity index (χ0n) is 12.3. The number of benzene rings is 1. The molecule has 0 radical (unpaired) electrons. The van der Waals surface area contributed by atoms with E-state index in [1.54, 1.807) is 6.20 Å². The van der Waals surface area contributed by atoms with Crippen LogP contribution in [0, 0.1) is 13.8 Å². The van der Waals surface area contributed by atoms with Crippen molar-refractivity contribution in [1.29, 1.82) is 0 Å². The Bertz CT molecular complexity index is 568. The van der Waals surface area contributed by atoms with Crippen LogP contribution in [-0.4, -0.2) is 21.7 Å². The lowest BCUT2D eigenvalue weighted by Gasteiger charge is -2.10. The van der Waals surface area contributed by atoms with Gasteiger partial charge in [0.15, 0.2) is 5.82 Å². The fourth-order valence-corrected chi connectivity index (χ4v) is 1.82. The Balaban J connectivity index is 2.09. The maximum atomic E-state index is 4.41. The zero-order valence-corrected chi connectivity index (χ0v) is 12.3. The predicted molar refractivity (Wildman–Crippen MR) is 82.4 cm³/mol. The minimum atomic E-state index is 0.564. The van der Waals surface area contributed by atoms with Crippen LogP contribution in [-0.2, 0) is 0 Å². The Morgan fingerprint density at radius 1 is 1.20 bits per heavy atom. The molecule has 0 amide bonds. The summed E-state index contributed by atoms with van der Waals surface area (Å²) in [7, 11) is 0. The van der Waals surface area contributed by atoms with Gasteiger partial charge >= 0.3 is 0 Å². The monoisotopic (exact) mass is 271 g/mol. The smallest absolute Gasteiger partial charge is 0.244 e. The highest BCUT2D eigenvalue weighted by Crippen LogP contribution is 2.20. The molecule has 0 atom stereocenters. The van der Waals surface area contributed by atoms with E-state index in [1.165, 1.54) is 11.1 Å². The maximum absolute atomic E-state index is 4.41. The van der Waals surface area contributed by atoms with Crippen molar-refractivity contribution in [3.8, 4) is 0 Å². The van der Waals surface area contributed by atoms with Crippen molar-refractivity contribution < 1.29 is 0 Å². The number of nitrogens with zero attached hydrogens (tertiary/aromatic N) is 3. The summed E-state index contributed by atoms with van der Waals surface area (Å²) in [6.45, 7) is 7.15. The molecule has 2 rings (SSSR count). The molecule has 2 aromatic rings. The molecule has 106 valence electrons. The van der Waals surface area contributed by atoms with Crippen LogP contribution < -0.4 is 10.6 Å². The van der Waals surface area contributed by atoms with E-state index >= 15 is 0 Å². The summed E-state index contributed by atoms with van der Waals surface area (Å²) in [5, 5.41) is 14.4. The summed E-state index contributed by atoms with van der Waals surface area (Å²) in [5.41, 5.74) is 3.43. The van der Waals surface area contributed by atoms with Crippen LogP contribution in [0.2, 0.25) is 0 Å². The van der Waals surface area contributed by atoms with Gasteiger partial charge in [-0.1, -0.05) is 25.5 Å². The summed E-state index contributed by atoms with van der Waals surface area (Å²) in [4.78, 5) is 4.41. The van der Waals surface area contributed by atoms with E-state index in [0.29, 0.717) is 11.8 Å². The van der Waals surface area contributed by atoms with Gasteiger partial charge in [-0.2, -0.15) is 10.1 Å². The van der Waals surface area contributed by atoms with Gasteiger partial charge in [0.2, 0.25) is 5.95 Å². The standard InChI is InChI=1S/C15H21N5/c1-4-5-8-16-15-19-14(10-17-20-15)18-13-9-11(2)6-7-12(13)3/h6-7,9-10H,4-5,8H2,1-3H3,(H2,16,18,19,20). The molecular weight excluding hydrogens is 250 g/mol. The van der Waals surface area contributed by atoms with E-state index < -0.39 is 0 Å². The molecule has 0 fully saturated rings. The van der Waals surface area contributed by atoms with Gasteiger partial charge < -0.3 is 10.6 Å². The Morgan fingerprint density at radius 3 is 2.85 bits per heavy atom. The molecule has 5 nitrogen and oxygen atoms in total. The van der Waals surface area contributed by atoms with E-state index in [0.717, 1.165) is 25.1 Å². The van der Waals surface area contributed by atoms with Crippen molar-refractivity contribution in [1.82, 2.24) is 15.2 Å². The minimum Gasteiger partial charge on any atom is -0.353 e. The van der Waals surface area contributed by atoms with Crippen molar-refractivity contribution in [3.05, 3.63) is 35.5 Å². The predicted octanol–water partition coefficient (Wildman–Crippen LogP) is 3.44. The number of hydrogen-bond donors (Lipinski definition) is 2. The highest BCUT2D eigenvalue weighted by Gasteiger charge is 2.03. The zero-order chi connectivity index (χ0) is 14.4. The first kappa shape index (κ1) is 14.2. The SMILES string of the molecule is CCCCNc1nncc(Nc2cc(C)ccc2C)n1. The number of unbranched alkanes of at least 4 members (excludes halogenated alkanes) is 1. The number of aromatic nitrogens is 3. The second kappa shape index (κ2) is 6.84. The second-order valence-corrected chi connectivity index (χ2v) is 4.89. The summed E-state index contributed by atoms with van der Waals surface area (Å²) < 4.78 is 0. The van der Waals surface area contributed by atoms with E-state index in [-0.39, 0.29) is 0 Å². The van der Waals surface area contributed by atoms with Gasteiger partial charge in [0.05, 0.1) is 6.20 Å². The average molecular weight is 271 g/mol. The normalized spacial score (nSPS) is 10.3. The lowest BCUT2D eigenvalue weighted by Crippen LogP contribution is -2.07. The first-order chi connectivity index (χ1) is 9.69. The first-order valence-corrected chi connectivity index (χ1v) is 6.97. The lowest BCUT2D eigenvalue weighted by atomic mass is 10.1. The average Bonchev–Trinajstić information content (AvgIpc) is 2.44. The number of rotatable bonds is 6. The fraction of sp³-hybridized carbons (Fsp3) is 0.400. The molecule has 1 aromatic carbocycles. The summed E-state index contributed by atoms with van der Waals surface area (Å²) in [6.07, 6.45) is 3.87. The van der Waals surface area contributed by atoms with E-state index in [1.807, 2.05) is 0 Å². The molecule has 5 heteroatoms. The highest BCUT2D eigenvalue weighted by molar-refractivity contribution is 5.61. The lowest BCUT2D eigenvalue weighted by molar-refractivity contribution is 0.819. The van der Waals surface area contributed by atoms with Gasteiger partial charge in [0.25, 0.3) is 0 Å². The van der Waals surface area contributed by atoms with Crippen LogP contribution in [0.3, 0.4) is 0 Å². The Kier molecular flexibility index (Phi) is 4.87.